The number of alkyl halides is 2. The lowest BCUT2D eigenvalue weighted by atomic mass is 9.94. The number of esters is 2. The van der Waals surface area contributed by atoms with E-state index in [1.54, 1.807) is 0 Å². The van der Waals surface area contributed by atoms with Crippen LogP contribution in [0.2, 0.25) is 0 Å². The highest BCUT2D eigenvalue weighted by molar-refractivity contribution is 9.09. The summed E-state index contributed by atoms with van der Waals surface area (Å²) in [5.41, 5.74) is 0. The van der Waals surface area contributed by atoms with E-state index in [1.807, 2.05) is 0 Å². The van der Waals surface area contributed by atoms with Crippen molar-refractivity contribution < 1.29 is 19.1 Å². The summed E-state index contributed by atoms with van der Waals surface area (Å²) in [6, 6.07) is 0. The molecule has 0 heterocycles. The van der Waals surface area contributed by atoms with Gasteiger partial charge in [0.05, 0.1) is 0 Å². The Morgan fingerprint density at radius 1 is 0.818 bits per heavy atom. The second kappa shape index (κ2) is 12.3. The SMILES string of the molecule is O=C(CCCCBr)OC1CCCC(OC(=O)CCCCBr)C1. The van der Waals surface area contributed by atoms with Gasteiger partial charge in [0.15, 0.2) is 0 Å². The number of rotatable bonds is 10. The van der Waals surface area contributed by atoms with Crippen LogP contribution in [0.3, 0.4) is 0 Å². The van der Waals surface area contributed by atoms with Gasteiger partial charge in [-0.05, 0) is 44.9 Å². The minimum atomic E-state index is -0.129. The molecule has 6 heteroatoms. The van der Waals surface area contributed by atoms with Crippen LogP contribution in [0.15, 0.2) is 0 Å². The van der Waals surface area contributed by atoms with Crippen LogP contribution in [-0.4, -0.2) is 34.8 Å². The first-order valence-corrected chi connectivity index (χ1v) is 10.4. The smallest absolute Gasteiger partial charge is 0.306 e. The van der Waals surface area contributed by atoms with Crippen molar-refractivity contribution in [2.24, 2.45) is 0 Å². The molecule has 0 saturated heterocycles. The molecule has 128 valence electrons. The molecular weight excluding hydrogens is 416 g/mol. The number of ether oxygens (including phenoxy) is 2. The fourth-order valence-corrected chi connectivity index (χ4v) is 3.33. The molecule has 0 bridgehead atoms. The molecular formula is C16H26Br2O4. The van der Waals surface area contributed by atoms with Crippen LogP contribution in [0, 0.1) is 0 Å². The topological polar surface area (TPSA) is 52.6 Å². The van der Waals surface area contributed by atoms with Gasteiger partial charge < -0.3 is 9.47 Å². The average Bonchev–Trinajstić information content (AvgIpc) is 2.48. The van der Waals surface area contributed by atoms with Crippen LogP contribution in [0.1, 0.15) is 64.2 Å². The zero-order valence-corrected chi connectivity index (χ0v) is 16.2. The quantitative estimate of drug-likeness (QED) is 0.284. The molecule has 0 aliphatic heterocycles. The van der Waals surface area contributed by atoms with Crippen molar-refractivity contribution in [3.63, 3.8) is 0 Å². The number of hydrogen-bond donors (Lipinski definition) is 0. The van der Waals surface area contributed by atoms with E-state index in [0.717, 1.165) is 55.6 Å². The van der Waals surface area contributed by atoms with Crippen molar-refractivity contribution in [3.05, 3.63) is 0 Å². The van der Waals surface area contributed by atoms with Crippen LogP contribution in [0.4, 0.5) is 0 Å². The van der Waals surface area contributed by atoms with Gasteiger partial charge in [0, 0.05) is 29.9 Å². The van der Waals surface area contributed by atoms with Crippen LogP contribution in [-0.2, 0) is 19.1 Å². The summed E-state index contributed by atoms with van der Waals surface area (Å²) in [6.45, 7) is 0. The molecule has 0 aromatic rings. The highest BCUT2D eigenvalue weighted by Crippen LogP contribution is 2.24. The van der Waals surface area contributed by atoms with Crippen molar-refractivity contribution in [3.8, 4) is 0 Å². The first kappa shape index (κ1) is 19.9. The van der Waals surface area contributed by atoms with Gasteiger partial charge in [-0.1, -0.05) is 31.9 Å². The Hall–Kier alpha value is -0.100. The van der Waals surface area contributed by atoms with Gasteiger partial charge in [-0.3, -0.25) is 9.59 Å². The lowest BCUT2D eigenvalue weighted by Gasteiger charge is -2.28. The minimum absolute atomic E-state index is 0.0921. The molecule has 4 nitrogen and oxygen atoms in total. The molecule has 0 aromatic heterocycles. The molecule has 1 saturated carbocycles. The van der Waals surface area contributed by atoms with Gasteiger partial charge in [0.1, 0.15) is 12.2 Å². The summed E-state index contributed by atoms with van der Waals surface area (Å²) >= 11 is 6.70. The average molecular weight is 442 g/mol. The van der Waals surface area contributed by atoms with Crippen molar-refractivity contribution in [1.82, 2.24) is 0 Å². The van der Waals surface area contributed by atoms with E-state index < -0.39 is 0 Å². The van der Waals surface area contributed by atoms with Gasteiger partial charge in [-0.2, -0.15) is 0 Å². The van der Waals surface area contributed by atoms with Crippen LogP contribution < -0.4 is 0 Å². The third kappa shape index (κ3) is 9.13. The van der Waals surface area contributed by atoms with Crippen molar-refractivity contribution >= 4 is 43.8 Å². The maximum atomic E-state index is 11.7. The van der Waals surface area contributed by atoms with E-state index >= 15 is 0 Å². The molecule has 0 radical (unpaired) electrons. The summed E-state index contributed by atoms with van der Waals surface area (Å²) in [5.74, 6) is -0.259. The second-order valence-corrected chi connectivity index (χ2v) is 7.27. The molecule has 0 aromatic carbocycles. The Labute approximate surface area is 149 Å². The van der Waals surface area contributed by atoms with E-state index in [4.69, 9.17) is 9.47 Å². The highest BCUT2D eigenvalue weighted by atomic mass is 79.9. The molecule has 22 heavy (non-hydrogen) atoms. The summed E-state index contributed by atoms with van der Waals surface area (Å²) < 4.78 is 11.0. The molecule has 1 fully saturated rings. The Kier molecular flexibility index (Phi) is 11.2. The highest BCUT2D eigenvalue weighted by Gasteiger charge is 2.27. The number of carbonyl (C=O) groups excluding carboxylic acids is 2. The Balaban J connectivity index is 2.23. The van der Waals surface area contributed by atoms with E-state index in [2.05, 4.69) is 31.9 Å². The molecule has 2 unspecified atom stereocenters. The summed E-state index contributed by atoms with van der Waals surface area (Å²) in [6.07, 6.45) is 7.76. The summed E-state index contributed by atoms with van der Waals surface area (Å²) in [5, 5.41) is 1.83. The zero-order valence-electron chi connectivity index (χ0n) is 13.0. The third-order valence-corrected chi connectivity index (χ3v) is 4.82. The van der Waals surface area contributed by atoms with Crippen LogP contribution in [0.5, 0.6) is 0 Å². The van der Waals surface area contributed by atoms with E-state index in [0.29, 0.717) is 19.3 Å². The Morgan fingerprint density at radius 3 is 1.68 bits per heavy atom. The van der Waals surface area contributed by atoms with Crippen molar-refractivity contribution in [2.75, 3.05) is 10.7 Å². The lowest BCUT2D eigenvalue weighted by Crippen LogP contribution is -2.31. The van der Waals surface area contributed by atoms with Crippen molar-refractivity contribution in [1.29, 1.82) is 0 Å². The van der Waals surface area contributed by atoms with E-state index in [-0.39, 0.29) is 24.1 Å². The van der Waals surface area contributed by atoms with E-state index in [1.165, 1.54) is 0 Å². The minimum Gasteiger partial charge on any atom is -0.462 e. The zero-order chi connectivity index (χ0) is 16.2. The third-order valence-electron chi connectivity index (χ3n) is 3.70. The molecule has 0 N–H and O–H groups in total. The van der Waals surface area contributed by atoms with Crippen LogP contribution in [0.25, 0.3) is 0 Å². The maximum absolute atomic E-state index is 11.7. The fourth-order valence-electron chi connectivity index (χ4n) is 2.53. The monoisotopic (exact) mass is 440 g/mol. The first-order chi connectivity index (χ1) is 10.7. The maximum Gasteiger partial charge on any atom is 0.306 e. The Morgan fingerprint density at radius 2 is 1.27 bits per heavy atom. The number of carbonyl (C=O) groups is 2. The fraction of sp³-hybridized carbons (Fsp3) is 0.875. The molecule has 0 amide bonds. The number of unbranched alkanes of at least 4 members (excludes halogenated alkanes) is 2. The summed E-state index contributed by atoms with van der Waals surface area (Å²) in [4.78, 5) is 23.5. The van der Waals surface area contributed by atoms with Gasteiger partial charge in [-0.15, -0.1) is 0 Å². The normalized spacial score (nSPS) is 21.4. The molecule has 2 atom stereocenters. The first-order valence-electron chi connectivity index (χ1n) is 8.16. The van der Waals surface area contributed by atoms with Gasteiger partial charge >= 0.3 is 11.9 Å². The lowest BCUT2D eigenvalue weighted by molar-refractivity contribution is -0.158. The van der Waals surface area contributed by atoms with Crippen LogP contribution >= 0.6 is 31.9 Å². The summed E-state index contributed by atoms with van der Waals surface area (Å²) in [7, 11) is 0. The molecule has 0 spiro atoms. The van der Waals surface area contributed by atoms with Gasteiger partial charge in [0.2, 0.25) is 0 Å². The van der Waals surface area contributed by atoms with Gasteiger partial charge in [-0.25, -0.2) is 0 Å². The molecule has 1 rings (SSSR count). The molecule has 1 aliphatic rings. The number of halogens is 2. The largest absolute Gasteiger partial charge is 0.462 e. The Bertz CT molecular complexity index is 306. The number of hydrogen-bond acceptors (Lipinski definition) is 4. The van der Waals surface area contributed by atoms with Crippen molar-refractivity contribution in [2.45, 2.75) is 76.4 Å². The standard InChI is InChI=1S/C16H26Br2O4/c17-10-3-1-8-15(19)21-13-6-5-7-14(12-13)22-16(20)9-2-4-11-18/h13-14H,1-12H2. The predicted molar refractivity (Wildman–Crippen MR) is 93.5 cm³/mol. The van der Waals surface area contributed by atoms with Gasteiger partial charge in [0.25, 0.3) is 0 Å². The second-order valence-electron chi connectivity index (χ2n) is 5.68. The van der Waals surface area contributed by atoms with E-state index in [9.17, 15) is 9.59 Å². The molecule has 1 aliphatic carbocycles. The predicted octanol–water partition coefficient (Wildman–Crippen LogP) is 4.51.